The van der Waals surface area contributed by atoms with Crippen LogP contribution in [0.25, 0.3) is 32.0 Å². The molecule has 0 bridgehead atoms. The summed E-state index contributed by atoms with van der Waals surface area (Å²) in [6, 6.07) is 14.4. The Morgan fingerprint density at radius 3 is 2.62 bits per heavy atom. The Morgan fingerprint density at radius 2 is 1.88 bits per heavy atom. The molecule has 2 aromatic heterocycles. The van der Waals surface area contributed by atoms with Crippen LogP contribution in [0, 0.1) is 5.41 Å². The van der Waals surface area contributed by atoms with Crippen molar-refractivity contribution in [3.63, 3.8) is 0 Å². The van der Waals surface area contributed by atoms with Gasteiger partial charge >= 0.3 is 0 Å². The first kappa shape index (κ1) is 22.5. The Hall–Kier alpha value is -3.34. The lowest BCUT2D eigenvalue weighted by atomic mass is 10.1. The van der Waals surface area contributed by atoms with Gasteiger partial charge in [-0.1, -0.05) is 24.3 Å². The molecule has 1 aliphatic heterocycles. The average Bonchev–Trinajstić information content (AvgIpc) is 3.28. The fourth-order valence-corrected chi connectivity index (χ4v) is 5.69. The number of morpholine rings is 1. The molecule has 1 saturated heterocycles. The number of nitrogens with two attached hydrogens (primary N) is 1. The highest BCUT2D eigenvalue weighted by atomic mass is 32.2. The van der Waals surface area contributed by atoms with E-state index in [0.29, 0.717) is 48.9 Å². The molecule has 1 fully saturated rings. The van der Waals surface area contributed by atoms with E-state index >= 15 is 0 Å². The number of nitrogens with zero attached hydrogens (tertiary/aromatic N) is 3. The number of hydrogen-bond donors (Lipinski definition) is 2. The molecular weight excluding hydrogens is 470 g/mol. The van der Waals surface area contributed by atoms with Crippen LogP contribution in [0.3, 0.4) is 0 Å². The molecule has 174 valence electrons. The minimum atomic E-state index is -3.32. The zero-order valence-electron chi connectivity index (χ0n) is 18.5. The fraction of sp³-hybridized carbons (Fsp3) is 0.208. The van der Waals surface area contributed by atoms with Crippen LogP contribution in [0.5, 0.6) is 0 Å². The molecule has 4 aromatic rings. The lowest BCUT2D eigenvalue weighted by Gasteiger charge is -2.28. The quantitative estimate of drug-likeness (QED) is 0.320. The summed E-state index contributed by atoms with van der Waals surface area (Å²) >= 11 is 1.48. The lowest BCUT2D eigenvalue weighted by Crippen LogP contribution is -2.37. The molecule has 3 N–H and O–H groups in total. The first-order valence-electron chi connectivity index (χ1n) is 10.7. The van der Waals surface area contributed by atoms with E-state index in [1.807, 2.05) is 24.3 Å². The van der Waals surface area contributed by atoms with Gasteiger partial charge < -0.3 is 20.8 Å². The van der Waals surface area contributed by atoms with Crippen LogP contribution in [0.2, 0.25) is 0 Å². The highest BCUT2D eigenvalue weighted by molar-refractivity contribution is 7.90. The molecule has 5 rings (SSSR count). The molecule has 10 heteroatoms. The first-order chi connectivity index (χ1) is 16.3. The van der Waals surface area contributed by atoms with Gasteiger partial charge in [-0.2, -0.15) is 0 Å². The number of ether oxygens (including phenoxy) is 1. The number of sulfone groups is 1. The van der Waals surface area contributed by atoms with E-state index in [2.05, 4.69) is 4.90 Å². The Balaban J connectivity index is 1.72. The minimum absolute atomic E-state index is 0.276. The number of benzene rings is 2. The molecule has 0 radical (unpaired) electrons. The maximum Gasteiger partial charge on any atom is 0.175 e. The molecule has 1 aliphatic rings. The second kappa shape index (κ2) is 8.79. The number of nitrogen functional groups attached to an aromatic ring is 1. The van der Waals surface area contributed by atoms with E-state index in [9.17, 15) is 8.42 Å². The molecule has 0 atom stereocenters. The van der Waals surface area contributed by atoms with Gasteiger partial charge in [-0.15, -0.1) is 11.3 Å². The standard InChI is InChI=1S/C24H23N5O3S2/c1-34(30,31)16-5-2-4-15(12-16)21-13-18-23(29-8-10-32-11-9-29)27-22(28-24(18)33-21)17-6-3-7-20(26)19(17)14-25/h2-7,12-14,25H,8-11,26H2,1H3. The summed E-state index contributed by atoms with van der Waals surface area (Å²) < 4.78 is 29.7. The highest BCUT2D eigenvalue weighted by Gasteiger charge is 2.22. The van der Waals surface area contributed by atoms with Gasteiger partial charge in [0.1, 0.15) is 10.6 Å². The van der Waals surface area contributed by atoms with E-state index in [0.717, 1.165) is 26.5 Å². The van der Waals surface area contributed by atoms with Crippen molar-refractivity contribution in [2.75, 3.05) is 43.2 Å². The van der Waals surface area contributed by atoms with Crippen LogP contribution in [0.15, 0.2) is 53.4 Å². The Labute approximate surface area is 201 Å². The molecule has 2 aromatic carbocycles. The van der Waals surface area contributed by atoms with E-state index in [1.54, 1.807) is 24.3 Å². The van der Waals surface area contributed by atoms with Gasteiger partial charge in [0.2, 0.25) is 0 Å². The minimum Gasteiger partial charge on any atom is -0.398 e. The second-order valence-corrected chi connectivity index (χ2v) is 11.1. The molecule has 0 unspecified atom stereocenters. The van der Waals surface area contributed by atoms with Gasteiger partial charge in [-0.3, -0.25) is 0 Å². The Morgan fingerprint density at radius 1 is 1.12 bits per heavy atom. The third-order valence-corrected chi connectivity index (χ3v) is 7.94. The van der Waals surface area contributed by atoms with Crippen molar-refractivity contribution in [3.05, 3.63) is 54.1 Å². The molecule has 0 amide bonds. The van der Waals surface area contributed by atoms with Crippen molar-refractivity contribution in [2.45, 2.75) is 4.90 Å². The number of aromatic nitrogens is 2. The summed E-state index contributed by atoms with van der Waals surface area (Å²) in [4.78, 5) is 13.9. The summed E-state index contributed by atoms with van der Waals surface area (Å²) in [6.07, 6.45) is 2.43. The lowest BCUT2D eigenvalue weighted by molar-refractivity contribution is 0.122. The Bertz CT molecular complexity index is 1510. The molecule has 8 nitrogen and oxygen atoms in total. The summed E-state index contributed by atoms with van der Waals surface area (Å²) in [5, 5.41) is 8.74. The zero-order chi connectivity index (χ0) is 23.9. The largest absolute Gasteiger partial charge is 0.398 e. The Kier molecular flexibility index (Phi) is 5.80. The number of thiophene rings is 1. The molecule has 0 saturated carbocycles. The summed E-state index contributed by atoms with van der Waals surface area (Å²) in [6.45, 7) is 2.62. The van der Waals surface area contributed by atoms with Crippen LogP contribution in [-0.2, 0) is 14.6 Å². The van der Waals surface area contributed by atoms with Crippen molar-refractivity contribution in [1.82, 2.24) is 9.97 Å². The van der Waals surface area contributed by atoms with E-state index < -0.39 is 9.84 Å². The maximum atomic E-state index is 12.1. The van der Waals surface area contributed by atoms with Gasteiger partial charge in [0.05, 0.1) is 23.5 Å². The number of anilines is 2. The van der Waals surface area contributed by atoms with Gasteiger partial charge in [-0.05, 0) is 29.8 Å². The summed E-state index contributed by atoms with van der Waals surface area (Å²) in [7, 11) is -3.32. The van der Waals surface area contributed by atoms with Crippen LogP contribution < -0.4 is 10.6 Å². The number of nitrogens with one attached hydrogen (secondary N) is 1. The van der Waals surface area contributed by atoms with Crippen molar-refractivity contribution in [3.8, 4) is 21.8 Å². The molecule has 34 heavy (non-hydrogen) atoms. The molecule has 0 spiro atoms. The van der Waals surface area contributed by atoms with Crippen LogP contribution in [-0.4, -0.2) is 57.2 Å². The first-order valence-corrected chi connectivity index (χ1v) is 13.4. The molecular formula is C24H23N5O3S2. The second-order valence-electron chi connectivity index (χ2n) is 8.05. The van der Waals surface area contributed by atoms with Gasteiger partial charge in [0.15, 0.2) is 15.7 Å². The predicted octanol–water partition coefficient (Wildman–Crippen LogP) is 3.85. The normalized spacial score (nSPS) is 14.4. The highest BCUT2D eigenvalue weighted by Crippen LogP contribution is 2.39. The average molecular weight is 494 g/mol. The van der Waals surface area contributed by atoms with Crippen molar-refractivity contribution >= 4 is 49.1 Å². The van der Waals surface area contributed by atoms with Gasteiger partial charge in [0.25, 0.3) is 0 Å². The van der Waals surface area contributed by atoms with Crippen molar-refractivity contribution in [2.24, 2.45) is 0 Å². The third-order valence-electron chi connectivity index (χ3n) is 5.76. The van der Waals surface area contributed by atoms with Crippen LogP contribution in [0.1, 0.15) is 5.56 Å². The summed E-state index contributed by atoms with van der Waals surface area (Å²) in [5.74, 6) is 1.29. The van der Waals surface area contributed by atoms with E-state index in [4.69, 9.17) is 25.8 Å². The maximum absolute atomic E-state index is 12.1. The number of hydrogen-bond acceptors (Lipinski definition) is 9. The van der Waals surface area contributed by atoms with Crippen LogP contribution >= 0.6 is 11.3 Å². The molecule has 0 aliphatic carbocycles. The van der Waals surface area contributed by atoms with Gasteiger partial charge in [-0.25, -0.2) is 18.4 Å². The topological polar surface area (TPSA) is 122 Å². The fourth-order valence-electron chi connectivity index (χ4n) is 4.00. The monoisotopic (exact) mass is 493 g/mol. The zero-order valence-corrected chi connectivity index (χ0v) is 20.1. The van der Waals surface area contributed by atoms with Gasteiger partial charge in [0, 0.05) is 47.3 Å². The summed E-state index contributed by atoms with van der Waals surface area (Å²) in [5.41, 5.74) is 8.69. The number of rotatable bonds is 5. The van der Waals surface area contributed by atoms with E-state index in [1.165, 1.54) is 23.8 Å². The number of fused-ring (bicyclic) bond motifs is 1. The van der Waals surface area contributed by atoms with E-state index in [-0.39, 0.29) is 4.90 Å². The smallest absolute Gasteiger partial charge is 0.175 e. The van der Waals surface area contributed by atoms with Crippen molar-refractivity contribution in [1.29, 1.82) is 5.41 Å². The SMILES string of the molecule is CS(=O)(=O)c1cccc(-c2cc3c(N4CCOCC4)nc(-c4cccc(N)c4C=N)nc3s2)c1. The third kappa shape index (κ3) is 4.15. The van der Waals surface area contributed by atoms with Crippen molar-refractivity contribution < 1.29 is 13.2 Å². The predicted molar refractivity (Wildman–Crippen MR) is 137 cm³/mol. The molecule has 3 heterocycles. The van der Waals surface area contributed by atoms with Crippen LogP contribution in [0.4, 0.5) is 11.5 Å².